The Hall–Kier alpha value is -2.93. The van der Waals surface area contributed by atoms with Gasteiger partial charge >= 0.3 is 0 Å². The zero-order chi connectivity index (χ0) is 19.9. The molecule has 0 unspecified atom stereocenters. The van der Waals surface area contributed by atoms with Crippen molar-refractivity contribution in [1.82, 2.24) is 19.9 Å². The molecular weight excluding hydrogens is 381 g/mol. The number of halogens is 2. The van der Waals surface area contributed by atoms with Crippen molar-refractivity contribution < 1.29 is 9.18 Å². The van der Waals surface area contributed by atoms with E-state index >= 15 is 0 Å². The summed E-state index contributed by atoms with van der Waals surface area (Å²) in [6.45, 7) is 2.84. The number of benzene rings is 1. The summed E-state index contributed by atoms with van der Waals surface area (Å²) < 4.78 is 15.1. The minimum absolute atomic E-state index is 0.0709. The average molecular weight is 402 g/mol. The van der Waals surface area contributed by atoms with Crippen LogP contribution in [0.4, 0.5) is 10.2 Å². The van der Waals surface area contributed by atoms with Gasteiger partial charge in [0.2, 0.25) is 5.91 Å². The Labute approximate surface area is 167 Å². The highest BCUT2D eigenvalue weighted by Gasteiger charge is 2.06. The van der Waals surface area contributed by atoms with Gasteiger partial charge in [-0.25, -0.2) is 14.4 Å². The molecule has 146 valence electrons. The molecule has 0 spiro atoms. The number of rotatable bonds is 8. The second-order valence-electron chi connectivity index (χ2n) is 6.27. The standard InChI is InChI=1S/C20H21ClFN5O/c1-14-25-18(13-19(26-14)27-10-2-3-11-27)23-8-9-24-20(28)7-5-15-4-6-17(22)16(21)12-15/h2-4,6,10-13H,5,7-9H2,1H3,(H,24,28)(H,23,25,26). The third kappa shape index (κ3) is 5.53. The zero-order valence-corrected chi connectivity index (χ0v) is 16.2. The van der Waals surface area contributed by atoms with E-state index in [0.717, 1.165) is 11.4 Å². The van der Waals surface area contributed by atoms with Crippen LogP contribution in [-0.2, 0) is 11.2 Å². The van der Waals surface area contributed by atoms with Crippen LogP contribution >= 0.6 is 11.6 Å². The fourth-order valence-electron chi connectivity index (χ4n) is 2.70. The molecule has 8 heteroatoms. The van der Waals surface area contributed by atoms with Crippen LogP contribution in [0.3, 0.4) is 0 Å². The van der Waals surface area contributed by atoms with E-state index < -0.39 is 5.82 Å². The Balaban J connectivity index is 1.43. The van der Waals surface area contributed by atoms with E-state index in [-0.39, 0.29) is 10.9 Å². The van der Waals surface area contributed by atoms with Crippen LogP contribution in [0.5, 0.6) is 0 Å². The lowest BCUT2D eigenvalue weighted by molar-refractivity contribution is -0.120. The first kappa shape index (κ1) is 19.8. The molecule has 0 radical (unpaired) electrons. The second-order valence-corrected chi connectivity index (χ2v) is 6.68. The topological polar surface area (TPSA) is 71.8 Å². The molecule has 3 aromatic rings. The van der Waals surface area contributed by atoms with E-state index in [1.807, 2.05) is 42.1 Å². The van der Waals surface area contributed by atoms with Crippen LogP contribution in [0, 0.1) is 12.7 Å². The predicted molar refractivity (Wildman–Crippen MR) is 107 cm³/mol. The number of aryl methyl sites for hydroxylation is 2. The molecule has 1 aromatic carbocycles. The smallest absolute Gasteiger partial charge is 0.220 e. The van der Waals surface area contributed by atoms with Crippen molar-refractivity contribution in [2.75, 3.05) is 18.4 Å². The molecular formula is C20H21ClFN5O. The summed E-state index contributed by atoms with van der Waals surface area (Å²) in [5.41, 5.74) is 0.827. The number of amides is 1. The predicted octanol–water partition coefficient (Wildman–Crippen LogP) is 3.53. The number of hydrogen-bond donors (Lipinski definition) is 2. The lowest BCUT2D eigenvalue weighted by atomic mass is 10.1. The van der Waals surface area contributed by atoms with Gasteiger partial charge in [-0.15, -0.1) is 0 Å². The monoisotopic (exact) mass is 401 g/mol. The molecule has 0 aliphatic heterocycles. The van der Waals surface area contributed by atoms with E-state index in [4.69, 9.17) is 11.6 Å². The minimum atomic E-state index is -0.458. The van der Waals surface area contributed by atoms with Crippen molar-refractivity contribution in [2.24, 2.45) is 0 Å². The molecule has 0 atom stereocenters. The van der Waals surface area contributed by atoms with Crippen molar-refractivity contribution in [1.29, 1.82) is 0 Å². The van der Waals surface area contributed by atoms with E-state index in [1.165, 1.54) is 6.07 Å². The summed E-state index contributed by atoms with van der Waals surface area (Å²) in [4.78, 5) is 20.7. The Morgan fingerprint density at radius 1 is 1.18 bits per heavy atom. The van der Waals surface area contributed by atoms with Gasteiger partial charge in [-0.05, 0) is 43.2 Å². The Bertz CT molecular complexity index is 946. The number of anilines is 1. The van der Waals surface area contributed by atoms with Crippen LogP contribution in [0.25, 0.3) is 5.82 Å². The average Bonchev–Trinajstić information content (AvgIpc) is 3.21. The molecule has 0 saturated heterocycles. The highest BCUT2D eigenvalue weighted by atomic mass is 35.5. The van der Waals surface area contributed by atoms with Crippen molar-refractivity contribution >= 4 is 23.3 Å². The Morgan fingerprint density at radius 2 is 1.96 bits per heavy atom. The third-order valence-electron chi connectivity index (χ3n) is 4.07. The first-order valence-corrected chi connectivity index (χ1v) is 9.32. The summed E-state index contributed by atoms with van der Waals surface area (Å²) in [6, 6.07) is 10.2. The molecule has 0 bridgehead atoms. The van der Waals surface area contributed by atoms with Gasteiger partial charge in [0.15, 0.2) is 0 Å². The summed E-state index contributed by atoms with van der Waals surface area (Å²) in [7, 11) is 0. The van der Waals surface area contributed by atoms with Crippen LogP contribution in [-0.4, -0.2) is 33.5 Å². The number of hydrogen-bond acceptors (Lipinski definition) is 4. The molecule has 0 aliphatic rings. The van der Waals surface area contributed by atoms with Crippen LogP contribution in [0.15, 0.2) is 48.8 Å². The van der Waals surface area contributed by atoms with Gasteiger partial charge in [0.05, 0.1) is 5.02 Å². The van der Waals surface area contributed by atoms with Crippen molar-refractivity contribution in [3.8, 4) is 5.82 Å². The molecule has 3 rings (SSSR count). The maximum absolute atomic E-state index is 13.1. The van der Waals surface area contributed by atoms with Crippen LogP contribution in [0.1, 0.15) is 17.8 Å². The van der Waals surface area contributed by atoms with E-state index in [2.05, 4.69) is 20.6 Å². The largest absolute Gasteiger partial charge is 0.368 e. The molecule has 1 amide bonds. The van der Waals surface area contributed by atoms with Crippen LogP contribution < -0.4 is 10.6 Å². The van der Waals surface area contributed by atoms with Crippen LogP contribution in [0.2, 0.25) is 5.02 Å². The van der Waals surface area contributed by atoms with Gasteiger partial charge < -0.3 is 15.2 Å². The first-order valence-electron chi connectivity index (χ1n) is 8.95. The highest BCUT2D eigenvalue weighted by molar-refractivity contribution is 6.30. The SMILES string of the molecule is Cc1nc(NCCNC(=O)CCc2ccc(F)c(Cl)c2)cc(-n2cccc2)n1. The van der Waals surface area contributed by atoms with E-state index in [0.29, 0.717) is 37.6 Å². The maximum atomic E-state index is 13.1. The summed E-state index contributed by atoms with van der Waals surface area (Å²) in [5, 5.41) is 6.11. The van der Waals surface area contributed by atoms with E-state index in [9.17, 15) is 9.18 Å². The normalized spacial score (nSPS) is 10.7. The maximum Gasteiger partial charge on any atom is 0.220 e. The molecule has 0 saturated carbocycles. The molecule has 0 fully saturated rings. The lowest BCUT2D eigenvalue weighted by Gasteiger charge is -2.10. The highest BCUT2D eigenvalue weighted by Crippen LogP contribution is 2.17. The molecule has 2 heterocycles. The lowest BCUT2D eigenvalue weighted by Crippen LogP contribution is -2.29. The Kier molecular flexibility index (Phi) is 6.60. The van der Waals surface area contributed by atoms with Gasteiger partial charge in [-0.3, -0.25) is 4.79 Å². The van der Waals surface area contributed by atoms with Gasteiger partial charge in [0.1, 0.15) is 23.3 Å². The fourth-order valence-corrected chi connectivity index (χ4v) is 2.90. The van der Waals surface area contributed by atoms with E-state index in [1.54, 1.807) is 12.1 Å². The molecule has 6 nitrogen and oxygen atoms in total. The molecule has 2 N–H and O–H groups in total. The number of nitrogens with zero attached hydrogens (tertiary/aromatic N) is 3. The van der Waals surface area contributed by atoms with Gasteiger partial charge in [-0.1, -0.05) is 17.7 Å². The number of carbonyl (C=O) groups excluding carboxylic acids is 1. The number of aromatic nitrogens is 3. The second kappa shape index (κ2) is 9.32. The molecule has 28 heavy (non-hydrogen) atoms. The first-order chi connectivity index (χ1) is 13.5. The number of nitrogens with one attached hydrogen (secondary N) is 2. The van der Waals surface area contributed by atoms with Crippen molar-refractivity contribution in [3.63, 3.8) is 0 Å². The third-order valence-corrected chi connectivity index (χ3v) is 4.36. The van der Waals surface area contributed by atoms with Gasteiger partial charge in [0, 0.05) is 38.0 Å². The van der Waals surface area contributed by atoms with Gasteiger partial charge in [-0.2, -0.15) is 0 Å². The summed E-state index contributed by atoms with van der Waals surface area (Å²) >= 11 is 5.75. The van der Waals surface area contributed by atoms with Crippen molar-refractivity contribution in [3.05, 3.63) is 71.0 Å². The molecule has 0 aliphatic carbocycles. The summed E-state index contributed by atoms with van der Waals surface area (Å²) in [6.07, 6.45) is 4.65. The van der Waals surface area contributed by atoms with Gasteiger partial charge in [0.25, 0.3) is 0 Å². The quantitative estimate of drug-likeness (QED) is 0.566. The summed E-state index contributed by atoms with van der Waals surface area (Å²) in [5.74, 6) is 1.61. The number of carbonyl (C=O) groups is 1. The Morgan fingerprint density at radius 3 is 2.71 bits per heavy atom. The molecule has 2 aromatic heterocycles. The minimum Gasteiger partial charge on any atom is -0.368 e. The van der Waals surface area contributed by atoms with Crippen molar-refractivity contribution in [2.45, 2.75) is 19.8 Å². The zero-order valence-electron chi connectivity index (χ0n) is 15.5. The fraction of sp³-hybridized carbons (Fsp3) is 0.250.